The van der Waals surface area contributed by atoms with Crippen LogP contribution in [-0.2, 0) is 4.79 Å². The minimum absolute atomic E-state index is 0.233. The Morgan fingerprint density at radius 3 is 2.67 bits per heavy atom. The topological polar surface area (TPSA) is 55.1 Å². The van der Waals surface area contributed by atoms with Gasteiger partial charge in [0.1, 0.15) is 0 Å². The average Bonchev–Trinajstić information content (AvgIpc) is 2.32. The number of nitrogens with two attached hydrogens (primary N) is 1. The molecule has 0 bridgehead atoms. The van der Waals surface area contributed by atoms with Gasteiger partial charge in [-0.3, -0.25) is 4.79 Å². The minimum Gasteiger partial charge on any atom is -0.353 e. The second-order valence-corrected chi connectivity index (χ2v) is 6.45. The molecule has 2 fully saturated rings. The van der Waals surface area contributed by atoms with E-state index in [2.05, 4.69) is 12.2 Å². The van der Waals surface area contributed by atoms with Gasteiger partial charge in [-0.15, -0.1) is 0 Å². The molecule has 2 rings (SSSR count). The maximum Gasteiger partial charge on any atom is 0.220 e. The van der Waals surface area contributed by atoms with E-state index in [1.54, 1.807) is 0 Å². The fourth-order valence-electron chi connectivity index (χ4n) is 3.58. The molecule has 0 spiro atoms. The third kappa shape index (κ3) is 3.98. The van der Waals surface area contributed by atoms with Crippen molar-refractivity contribution in [1.29, 1.82) is 0 Å². The quantitative estimate of drug-likeness (QED) is 0.811. The molecule has 104 valence electrons. The van der Waals surface area contributed by atoms with E-state index in [0.717, 1.165) is 31.6 Å². The number of hydrogen-bond donors (Lipinski definition) is 2. The van der Waals surface area contributed by atoms with Gasteiger partial charge in [0.2, 0.25) is 5.91 Å². The van der Waals surface area contributed by atoms with Gasteiger partial charge in [0.15, 0.2) is 0 Å². The first-order valence-corrected chi connectivity index (χ1v) is 7.70. The summed E-state index contributed by atoms with van der Waals surface area (Å²) >= 11 is 0. The monoisotopic (exact) mass is 252 g/mol. The molecule has 18 heavy (non-hydrogen) atoms. The van der Waals surface area contributed by atoms with E-state index in [4.69, 9.17) is 5.73 Å². The van der Waals surface area contributed by atoms with Crippen molar-refractivity contribution in [3.8, 4) is 0 Å². The van der Waals surface area contributed by atoms with Crippen LogP contribution in [0.15, 0.2) is 0 Å². The molecule has 2 saturated carbocycles. The highest BCUT2D eigenvalue weighted by atomic mass is 16.1. The van der Waals surface area contributed by atoms with E-state index >= 15 is 0 Å². The van der Waals surface area contributed by atoms with Crippen LogP contribution in [0.4, 0.5) is 0 Å². The lowest BCUT2D eigenvalue weighted by atomic mass is 9.82. The maximum atomic E-state index is 12.1. The lowest BCUT2D eigenvalue weighted by molar-refractivity contribution is -0.123. The zero-order valence-corrected chi connectivity index (χ0v) is 11.7. The highest BCUT2D eigenvalue weighted by molar-refractivity contribution is 5.76. The molecule has 0 aromatic rings. The summed E-state index contributed by atoms with van der Waals surface area (Å²) in [5.74, 6) is 1.41. The number of amides is 1. The van der Waals surface area contributed by atoms with Crippen molar-refractivity contribution in [1.82, 2.24) is 5.32 Å². The van der Waals surface area contributed by atoms with Crippen molar-refractivity contribution in [2.45, 2.75) is 76.8 Å². The zero-order valence-electron chi connectivity index (χ0n) is 11.7. The van der Waals surface area contributed by atoms with E-state index in [9.17, 15) is 4.79 Å². The van der Waals surface area contributed by atoms with Crippen molar-refractivity contribution in [2.75, 3.05) is 0 Å². The Morgan fingerprint density at radius 2 is 1.94 bits per heavy atom. The molecule has 3 heteroatoms. The maximum absolute atomic E-state index is 12.1. The molecule has 4 unspecified atom stereocenters. The van der Waals surface area contributed by atoms with Crippen LogP contribution in [0, 0.1) is 11.8 Å². The molecule has 4 atom stereocenters. The molecular formula is C15H28N2O. The van der Waals surface area contributed by atoms with Gasteiger partial charge in [-0.2, -0.15) is 0 Å². The average molecular weight is 252 g/mol. The van der Waals surface area contributed by atoms with Crippen LogP contribution >= 0.6 is 0 Å². The zero-order chi connectivity index (χ0) is 13.0. The summed E-state index contributed by atoms with van der Waals surface area (Å²) in [7, 11) is 0. The number of nitrogens with one attached hydrogen (secondary N) is 1. The molecule has 0 aromatic carbocycles. The van der Waals surface area contributed by atoms with Gasteiger partial charge in [-0.25, -0.2) is 0 Å². The molecule has 0 heterocycles. The normalized spacial score (nSPS) is 37.2. The number of rotatable bonds is 3. The fourth-order valence-corrected chi connectivity index (χ4v) is 3.58. The Kier molecular flexibility index (Phi) is 5.04. The predicted octanol–water partition coefficient (Wildman–Crippen LogP) is 2.59. The van der Waals surface area contributed by atoms with Gasteiger partial charge in [0, 0.05) is 18.5 Å². The van der Waals surface area contributed by atoms with Gasteiger partial charge < -0.3 is 11.1 Å². The van der Waals surface area contributed by atoms with Crippen molar-refractivity contribution < 1.29 is 4.79 Å². The Hall–Kier alpha value is -0.570. The molecule has 0 aromatic heterocycles. The Morgan fingerprint density at radius 1 is 1.17 bits per heavy atom. The molecule has 0 radical (unpaired) electrons. The Labute approximate surface area is 111 Å². The number of hydrogen-bond acceptors (Lipinski definition) is 2. The molecule has 2 aliphatic carbocycles. The minimum atomic E-state index is 0.233. The Balaban J connectivity index is 1.74. The molecule has 0 saturated heterocycles. The summed E-state index contributed by atoms with van der Waals surface area (Å²) in [6, 6.07) is 0.663. The first-order valence-electron chi connectivity index (χ1n) is 7.70. The van der Waals surface area contributed by atoms with Crippen molar-refractivity contribution in [3.63, 3.8) is 0 Å². The van der Waals surface area contributed by atoms with Gasteiger partial charge in [-0.1, -0.05) is 32.6 Å². The summed E-state index contributed by atoms with van der Waals surface area (Å²) in [4.78, 5) is 12.1. The van der Waals surface area contributed by atoms with Gasteiger partial charge in [0.05, 0.1) is 0 Å². The first-order chi connectivity index (χ1) is 8.65. The summed E-state index contributed by atoms with van der Waals surface area (Å²) < 4.78 is 0. The Bertz CT molecular complexity index is 280. The summed E-state index contributed by atoms with van der Waals surface area (Å²) in [6.45, 7) is 2.29. The molecular weight excluding hydrogens is 224 g/mol. The predicted molar refractivity (Wildman–Crippen MR) is 74.1 cm³/mol. The van der Waals surface area contributed by atoms with E-state index in [1.807, 2.05) is 0 Å². The van der Waals surface area contributed by atoms with Crippen LogP contribution in [0.3, 0.4) is 0 Å². The van der Waals surface area contributed by atoms with E-state index < -0.39 is 0 Å². The van der Waals surface area contributed by atoms with Crippen LogP contribution in [0.2, 0.25) is 0 Å². The standard InChI is InChI=1S/C15H28N2O/c1-11-5-4-7-13(9-11)17-15(18)10-12-6-2-3-8-14(12)16/h11-14H,2-10,16H2,1H3,(H,17,18). The molecule has 3 N–H and O–H groups in total. The lowest BCUT2D eigenvalue weighted by Crippen LogP contribution is -2.41. The largest absolute Gasteiger partial charge is 0.353 e. The summed E-state index contributed by atoms with van der Waals surface area (Å²) in [5, 5.41) is 3.22. The SMILES string of the molecule is CC1CCCC(NC(=O)CC2CCCCC2N)C1. The highest BCUT2D eigenvalue weighted by Gasteiger charge is 2.26. The second-order valence-electron chi connectivity index (χ2n) is 6.45. The smallest absolute Gasteiger partial charge is 0.220 e. The van der Waals surface area contributed by atoms with Crippen LogP contribution in [0.5, 0.6) is 0 Å². The van der Waals surface area contributed by atoms with Crippen molar-refractivity contribution in [3.05, 3.63) is 0 Å². The number of carbonyl (C=O) groups is 1. The van der Waals surface area contributed by atoms with Crippen LogP contribution < -0.4 is 11.1 Å². The van der Waals surface area contributed by atoms with Crippen LogP contribution in [0.25, 0.3) is 0 Å². The van der Waals surface area contributed by atoms with E-state index in [0.29, 0.717) is 18.4 Å². The molecule has 1 amide bonds. The lowest BCUT2D eigenvalue weighted by Gasteiger charge is -2.30. The summed E-state index contributed by atoms with van der Waals surface area (Å²) in [5.41, 5.74) is 6.10. The first kappa shape index (κ1) is 13.9. The third-order valence-electron chi connectivity index (χ3n) is 4.72. The summed E-state index contributed by atoms with van der Waals surface area (Å²) in [6.07, 6.45) is 10.2. The van der Waals surface area contributed by atoms with Crippen molar-refractivity contribution in [2.24, 2.45) is 17.6 Å². The fraction of sp³-hybridized carbons (Fsp3) is 0.933. The molecule has 2 aliphatic rings. The number of carbonyl (C=O) groups excluding carboxylic acids is 1. The second kappa shape index (κ2) is 6.55. The van der Waals surface area contributed by atoms with Gasteiger partial charge in [-0.05, 0) is 37.5 Å². The molecule has 0 aliphatic heterocycles. The van der Waals surface area contributed by atoms with Gasteiger partial charge >= 0.3 is 0 Å². The van der Waals surface area contributed by atoms with Crippen LogP contribution in [-0.4, -0.2) is 18.0 Å². The van der Waals surface area contributed by atoms with Gasteiger partial charge in [0.25, 0.3) is 0 Å². The van der Waals surface area contributed by atoms with E-state index in [1.165, 1.54) is 25.7 Å². The van der Waals surface area contributed by atoms with Crippen molar-refractivity contribution >= 4 is 5.91 Å². The van der Waals surface area contributed by atoms with E-state index in [-0.39, 0.29) is 11.9 Å². The highest BCUT2D eigenvalue weighted by Crippen LogP contribution is 2.27. The molecule has 3 nitrogen and oxygen atoms in total. The van der Waals surface area contributed by atoms with Crippen LogP contribution in [0.1, 0.15) is 64.7 Å². The third-order valence-corrected chi connectivity index (χ3v) is 4.72.